The second-order valence-corrected chi connectivity index (χ2v) is 5.83. The van der Waals surface area contributed by atoms with Crippen LogP contribution in [0.2, 0.25) is 0 Å². The maximum atomic E-state index is 13.5. The van der Waals surface area contributed by atoms with Crippen molar-refractivity contribution in [3.05, 3.63) is 53.4 Å². The summed E-state index contributed by atoms with van der Waals surface area (Å²) in [6.07, 6.45) is -1.51. The molecule has 0 aliphatic heterocycles. The number of alkyl halides is 3. The fourth-order valence-electron chi connectivity index (χ4n) is 2.49. The van der Waals surface area contributed by atoms with Gasteiger partial charge in [-0.1, -0.05) is 13.0 Å². The third kappa shape index (κ3) is 4.79. The van der Waals surface area contributed by atoms with Crippen LogP contribution in [-0.2, 0) is 15.7 Å². The smallest absolute Gasteiger partial charge is 0.434 e. The number of allylic oxidation sites excluding steroid dienone is 1. The van der Waals surface area contributed by atoms with Gasteiger partial charge in [-0.2, -0.15) is 18.3 Å². The molecule has 1 aromatic carbocycles. The minimum atomic E-state index is -4.81. The van der Waals surface area contributed by atoms with E-state index in [0.29, 0.717) is 22.4 Å². The zero-order valence-electron chi connectivity index (χ0n) is 15.6. The number of amides is 1. The van der Waals surface area contributed by atoms with Gasteiger partial charge >= 0.3 is 12.1 Å². The van der Waals surface area contributed by atoms with E-state index in [-0.39, 0.29) is 18.2 Å². The number of anilines is 1. The Morgan fingerprint density at radius 3 is 2.39 bits per heavy atom. The summed E-state index contributed by atoms with van der Waals surface area (Å²) in [6.45, 7) is 5.02. The van der Waals surface area contributed by atoms with Gasteiger partial charge in [-0.05, 0) is 44.5 Å². The van der Waals surface area contributed by atoms with Crippen LogP contribution in [0.25, 0.3) is 5.69 Å². The summed E-state index contributed by atoms with van der Waals surface area (Å²) in [4.78, 5) is 23.8. The number of carbonyl (C=O) groups is 2. The summed E-state index contributed by atoms with van der Waals surface area (Å²) >= 11 is 0. The number of halogens is 3. The summed E-state index contributed by atoms with van der Waals surface area (Å²) in [7, 11) is 0. The second kappa shape index (κ2) is 8.73. The number of hydrogen-bond donors (Lipinski definition) is 1. The number of nitrogens with one attached hydrogen (secondary N) is 1. The predicted molar refractivity (Wildman–Crippen MR) is 97.2 cm³/mol. The van der Waals surface area contributed by atoms with Crippen molar-refractivity contribution in [1.29, 1.82) is 0 Å². The van der Waals surface area contributed by atoms with E-state index in [2.05, 4.69) is 15.2 Å². The maximum Gasteiger partial charge on any atom is 0.434 e. The molecule has 0 saturated heterocycles. The lowest BCUT2D eigenvalue weighted by Crippen LogP contribution is -2.18. The number of hydrogen-bond acceptors (Lipinski definition) is 4. The van der Waals surface area contributed by atoms with Gasteiger partial charge in [0.25, 0.3) is 5.91 Å². The van der Waals surface area contributed by atoms with Crippen molar-refractivity contribution < 1.29 is 27.5 Å². The van der Waals surface area contributed by atoms with Crippen LogP contribution in [-0.4, -0.2) is 28.3 Å². The SMILES string of the molecule is CCC=C(C)C(=O)Nc1ccc(-n2ncc(C(=O)OCC)c2C(F)(F)F)cc1. The van der Waals surface area contributed by atoms with Crippen molar-refractivity contribution in [2.75, 3.05) is 11.9 Å². The lowest BCUT2D eigenvalue weighted by atomic mass is 10.2. The third-order valence-electron chi connectivity index (χ3n) is 3.77. The van der Waals surface area contributed by atoms with Crippen LogP contribution in [0.1, 0.15) is 43.2 Å². The van der Waals surface area contributed by atoms with Crippen LogP contribution in [0.3, 0.4) is 0 Å². The van der Waals surface area contributed by atoms with Crippen LogP contribution in [0, 0.1) is 0 Å². The van der Waals surface area contributed by atoms with Crippen LogP contribution >= 0.6 is 0 Å². The highest BCUT2D eigenvalue weighted by Crippen LogP contribution is 2.34. The molecule has 2 aromatic rings. The van der Waals surface area contributed by atoms with Gasteiger partial charge in [0.05, 0.1) is 18.5 Å². The third-order valence-corrected chi connectivity index (χ3v) is 3.77. The topological polar surface area (TPSA) is 73.2 Å². The largest absolute Gasteiger partial charge is 0.462 e. The highest BCUT2D eigenvalue weighted by atomic mass is 19.4. The van der Waals surface area contributed by atoms with Gasteiger partial charge in [0.2, 0.25) is 0 Å². The first-order valence-electron chi connectivity index (χ1n) is 8.59. The fourth-order valence-corrected chi connectivity index (χ4v) is 2.49. The van der Waals surface area contributed by atoms with Crippen molar-refractivity contribution in [3.8, 4) is 5.69 Å². The molecular weight excluding hydrogens is 375 g/mol. The molecule has 1 heterocycles. The molecule has 2 rings (SSSR count). The molecule has 0 fully saturated rings. The Morgan fingerprint density at radius 2 is 1.86 bits per heavy atom. The monoisotopic (exact) mass is 395 g/mol. The van der Waals surface area contributed by atoms with E-state index in [1.807, 2.05) is 6.92 Å². The highest BCUT2D eigenvalue weighted by Gasteiger charge is 2.41. The Bertz CT molecular complexity index is 884. The van der Waals surface area contributed by atoms with Gasteiger partial charge in [0.1, 0.15) is 5.56 Å². The Kier molecular flexibility index (Phi) is 6.61. The summed E-state index contributed by atoms with van der Waals surface area (Å²) in [5.41, 5.74) is -0.834. The number of carbonyl (C=O) groups excluding carboxylic acids is 2. The maximum absolute atomic E-state index is 13.5. The Balaban J connectivity index is 2.35. The minimum Gasteiger partial charge on any atom is -0.462 e. The standard InChI is InChI=1S/C19H20F3N3O3/c1-4-6-12(3)17(26)24-13-7-9-14(10-8-13)25-16(19(20,21)22)15(11-23-25)18(27)28-5-2/h6-11H,4-5H2,1-3H3,(H,24,26). The Labute approximate surface area is 160 Å². The molecule has 9 heteroatoms. The van der Waals surface area contributed by atoms with Gasteiger partial charge in [-0.3, -0.25) is 4.79 Å². The van der Waals surface area contributed by atoms with Crippen molar-refractivity contribution in [3.63, 3.8) is 0 Å². The summed E-state index contributed by atoms with van der Waals surface area (Å²) in [5, 5.41) is 6.36. The van der Waals surface area contributed by atoms with Gasteiger partial charge in [-0.15, -0.1) is 0 Å². The molecule has 0 radical (unpaired) electrons. The molecule has 0 aliphatic carbocycles. The van der Waals surface area contributed by atoms with Crippen molar-refractivity contribution in [2.24, 2.45) is 0 Å². The molecule has 150 valence electrons. The van der Waals surface area contributed by atoms with Gasteiger partial charge in [0, 0.05) is 11.3 Å². The zero-order chi connectivity index (χ0) is 20.9. The first-order valence-corrected chi connectivity index (χ1v) is 8.59. The fraction of sp³-hybridized carbons (Fsp3) is 0.316. The van der Waals surface area contributed by atoms with Crippen molar-refractivity contribution in [1.82, 2.24) is 9.78 Å². The zero-order valence-corrected chi connectivity index (χ0v) is 15.6. The number of rotatable bonds is 6. The van der Waals surface area contributed by atoms with Crippen LogP contribution in [0.4, 0.5) is 18.9 Å². The molecule has 0 atom stereocenters. The first kappa shape index (κ1) is 21.2. The lowest BCUT2D eigenvalue weighted by Gasteiger charge is -2.13. The van der Waals surface area contributed by atoms with Gasteiger partial charge in [0.15, 0.2) is 5.69 Å². The molecule has 0 unspecified atom stereocenters. The highest BCUT2D eigenvalue weighted by molar-refractivity contribution is 6.03. The van der Waals surface area contributed by atoms with Gasteiger partial charge in [-0.25, -0.2) is 9.48 Å². The number of aromatic nitrogens is 2. The minimum absolute atomic E-state index is 0.0540. The van der Waals surface area contributed by atoms with E-state index in [4.69, 9.17) is 0 Å². The second-order valence-electron chi connectivity index (χ2n) is 5.83. The molecule has 6 nitrogen and oxygen atoms in total. The molecule has 1 aromatic heterocycles. The summed E-state index contributed by atoms with van der Waals surface area (Å²) in [5.74, 6) is -1.39. The molecular formula is C19H20F3N3O3. The molecule has 0 saturated carbocycles. The van der Waals surface area contributed by atoms with Crippen LogP contribution < -0.4 is 5.32 Å². The number of ether oxygens (including phenoxy) is 1. The van der Waals surface area contributed by atoms with Crippen molar-refractivity contribution >= 4 is 17.6 Å². The Hall–Kier alpha value is -3.10. The average Bonchev–Trinajstić information content (AvgIpc) is 3.08. The molecule has 28 heavy (non-hydrogen) atoms. The van der Waals surface area contributed by atoms with E-state index in [1.54, 1.807) is 13.0 Å². The molecule has 0 aliphatic rings. The number of nitrogens with zero attached hydrogens (tertiary/aromatic N) is 2. The predicted octanol–water partition coefficient (Wildman–Crippen LogP) is 4.36. The first-order chi connectivity index (χ1) is 13.2. The molecule has 1 amide bonds. The molecule has 0 bridgehead atoms. The molecule has 1 N–H and O–H groups in total. The summed E-state index contributed by atoms with van der Waals surface area (Å²) in [6, 6.07) is 5.65. The van der Waals surface area contributed by atoms with E-state index in [1.165, 1.54) is 31.2 Å². The quantitative estimate of drug-likeness (QED) is 0.583. The van der Waals surface area contributed by atoms with Gasteiger partial charge < -0.3 is 10.1 Å². The van der Waals surface area contributed by atoms with E-state index < -0.39 is 23.4 Å². The van der Waals surface area contributed by atoms with Crippen molar-refractivity contribution in [2.45, 2.75) is 33.4 Å². The van der Waals surface area contributed by atoms with E-state index >= 15 is 0 Å². The Morgan fingerprint density at radius 1 is 1.21 bits per heavy atom. The van der Waals surface area contributed by atoms with Crippen LogP contribution in [0.5, 0.6) is 0 Å². The summed E-state index contributed by atoms with van der Waals surface area (Å²) < 4.78 is 45.8. The lowest BCUT2D eigenvalue weighted by molar-refractivity contribution is -0.143. The number of esters is 1. The number of benzene rings is 1. The average molecular weight is 395 g/mol. The van der Waals surface area contributed by atoms with Crippen LogP contribution in [0.15, 0.2) is 42.1 Å². The van der Waals surface area contributed by atoms with E-state index in [0.717, 1.165) is 6.20 Å². The van der Waals surface area contributed by atoms with E-state index in [9.17, 15) is 22.8 Å². The molecule has 0 spiro atoms. The normalized spacial score (nSPS) is 12.0.